The topological polar surface area (TPSA) is 33.0 Å². The molecule has 1 aromatic rings. The highest BCUT2D eigenvalue weighted by Gasteiger charge is 2.31. The first-order valence-electron chi connectivity index (χ1n) is 3.19. The van der Waals surface area contributed by atoms with Gasteiger partial charge >= 0.3 is 6.36 Å². The van der Waals surface area contributed by atoms with Crippen LogP contribution in [0.1, 0.15) is 5.56 Å². The van der Waals surface area contributed by atoms with E-state index in [2.05, 4.69) is 10.8 Å². The first-order valence-corrected chi connectivity index (χ1v) is 3.19. The summed E-state index contributed by atoms with van der Waals surface area (Å²) in [6.07, 6.45) is -4.73. The summed E-state index contributed by atoms with van der Waals surface area (Å²) >= 11 is 0. The second-order valence-corrected chi connectivity index (χ2v) is 2.10. The van der Waals surface area contributed by atoms with E-state index in [1.54, 1.807) is 6.07 Å². The van der Waals surface area contributed by atoms with Crippen LogP contribution < -0.4 is 4.74 Å². The lowest BCUT2D eigenvalue weighted by Gasteiger charge is -2.07. The van der Waals surface area contributed by atoms with E-state index >= 15 is 0 Å². The van der Waals surface area contributed by atoms with Gasteiger partial charge in [-0.05, 0) is 18.2 Å². The first kappa shape index (κ1) is 9.39. The number of nitriles is 1. The van der Waals surface area contributed by atoms with Gasteiger partial charge in [-0.2, -0.15) is 5.26 Å². The van der Waals surface area contributed by atoms with Crippen molar-refractivity contribution in [3.8, 4) is 11.8 Å². The molecule has 0 N–H and O–H groups in total. The summed E-state index contributed by atoms with van der Waals surface area (Å²) in [5, 5.41) is 8.34. The standard InChI is InChI=1S/C8H3F3NO/c9-8(10,11)13-7-3-1-2-6(4-7)5-12/h1,3-4H. The van der Waals surface area contributed by atoms with Gasteiger partial charge < -0.3 is 4.74 Å². The molecule has 1 radical (unpaired) electrons. The smallest absolute Gasteiger partial charge is 0.406 e. The predicted molar refractivity (Wildman–Crippen MR) is 36.7 cm³/mol. The maximum Gasteiger partial charge on any atom is 0.573 e. The SMILES string of the molecule is N#Cc1[c]ccc(OC(F)(F)F)c1. The van der Waals surface area contributed by atoms with Crippen molar-refractivity contribution in [3.63, 3.8) is 0 Å². The van der Waals surface area contributed by atoms with Crippen LogP contribution in [0.2, 0.25) is 0 Å². The Labute approximate surface area is 72.2 Å². The van der Waals surface area contributed by atoms with Crippen LogP contribution in [-0.2, 0) is 0 Å². The summed E-state index contributed by atoms with van der Waals surface area (Å²) < 4.78 is 38.6. The molecular formula is C8H3F3NO. The van der Waals surface area contributed by atoms with Crippen molar-refractivity contribution in [1.82, 2.24) is 0 Å². The molecule has 2 nitrogen and oxygen atoms in total. The van der Waals surface area contributed by atoms with Gasteiger partial charge in [-0.25, -0.2) is 0 Å². The molecule has 1 rings (SSSR count). The summed E-state index contributed by atoms with van der Waals surface area (Å²) in [7, 11) is 0. The third-order valence-corrected chi connectivity index (χ3v) is 1.13. The molecule has 13 heavy (non-hydrogen) atoms. The van der Waals surface area contributed by atoms with Gasteiger partial charge in [0.25, 0.3) is 0 Å². The average molecular weight is 186 g/mol. The van der Waals surface area contributed by atoms with Crippen molar-refractivity contribution in [2.75, 3.05) is 0 Å². The van der Waals surface area contributed by atoms with Crippen LogP contribution >= 0.6 is 0 Å². The van der Waals surface area contributed by atoms with Crippen LogP contribution in [0.4, 0.5) is 13.2 Å². The fraction of sp³-hybridized carbons (Fsp3) is 0.125. The third kappa shape index (κ3) is 3.03. The quantitative estimate of drug-likeness (QED) is 0.673. The van der Waals surface area contributed by atoms with Crippen LogP contribution in [0.3, 0.4) is 0 Å². The summed E-state index contributed by atoms with van der Waals surface area (Å²) in [6.45, 7) is 0. The van der Waals surface area contributed by atoms with Crippen molar-refractivity contribution in [2.45, 2.75) is 6.36 Å². The van der Waals surface area contributed by atoms with E-state index in [0.29, 0.717) is 0 Å². The Bertz CT molecular complexity index is 340. The lowest BCUT2D eigenvalue weighted by molar-refractivity contribution is -0.274. The number of rotatable bonds is 1. The highest BCUT2D eigenvalue weighted by Crippen LogP contribution is 2.22. The van der Waals surface area contributed by atoms with E-state index in [9.17, 15) is 13.2 Å². The number of ether oxygens (including phenoxy) is 1. The number of alkyl halides is 3. The molecule has 67 valence electrons. The van der Waals surface area contributed by atoms with Crippen molar-refractivity contribution in [2.24, 2.45) is 0 Å². The molecule has 0 saturated heterocycles. The molecule has 0 aliphatic heterocycles. The van der Waals surface area contributed by atoms with Gasteiger partial charge in [-0.15, -0.1) is 13.2 Å². The maximum atomic E-state index is 11.7. The monoisotopic (exact) mass is 186 g/mol. The van der Waals surface area contributed by atoms with Crippen molar-refractivity contribution < 1.29 is 17.9 Å². The van der Waals surface area contributed by atoms with E-state index in [1.807, 2.05) is 0 Å². The largest absolute Gasteiger partial charge is 0.573 e. The van der Waals surface area contributed by atoms with Crippen LogP contribution in [0.25, 0.3) is 0 Å². The number of hydrogen-bond acceptors (Lipinski definition) is 2. The summed E-state index contributed by atoms with van der Waals surface area (Å²) in [4.78, 5) is 0. The average Bonchev–Trinajstić information content (AvgIpc) is 2.01. The number of halogens is 3. The van der Waals surface area contributed by atoms with E-state index in [1.165, 1.54) is 6.07 Å². The van der Waals surface area contributed by atoms with Crippen LogP contribution in [-0.4, -0.2) is 6.36 Å². The van der Waals surface area contributed by atoms with E-state index < -0.39 is 12.1 Å². The predicted octanol–water partition coefficient (Wildman–Crippen LogP) is 2.26. The normalized spacial score (nSPS) is 10.6. The molecule has 0 spiro atoms. The zero-order valence-corrected chi connectivity index (χ0v) is 6.22. The molecule has 0 unspecified atom stereocenters. The van der Waals surface area contributed by atoms with Crippen molar-refractivity contribution in [3.05, 3.63) is 29.8 Å². The molecule has 0 aliphatic carbocycles. The Kier molecular flexibility index (Phi) is 2.42. The van der Waals surface area contributed by atoms with Gasteiger partial charge in [0.2, 0.25) is 0 Å². The minimum atomic E-state index is -4.73. The van der Waals surface area contributed by atoms with Gasteiger partial charge in [0.15, 0.2) is 0 Å². The molecule has 0 saturated carbocycles. The fourth-order valence-electron chi connectivity index (χ4n) is 0.707. The molecule has 0 bridgehead atoms. The van der Waals surface area contributed by atoms with Crippen molar-refractivity contribution in [1.29, 1.82) is 5.26 Å². The highest BCUT2D eigenvalue weighted by atomic mass is 19.4. The number of benzene rings is 1. The zero-order chi connectivity index (χ0) is 9.90. The minimum Gasteiger partial charge on any atom is -0.406 e. The number of hydrogen-bond donors (Lipinski definition) is 0. The first-order chi connectivity index (χ1) is 6.01. The maximum absolute atomic E-state index is 11.7. The summed E-state index contributed by atoms with van der Waals surface area (Å²) in [5.41, 5.74) is 0.00162. The molecule has 0 amide bonds. The van der Waals surface area contributed by atoms with Gasteiger partial charge in [-0.1, -0.05) is 0 Å². The molecule has 1 aromatic carbocycles. The lowest BCUT2D eigenvalue weighted by Crippen LogP contribution is -2.17. The van der Waals surface area contributed by atoms with Gasteiger partial charge in [0.1, 0.15) is 5.75 Å². The van der Waals surface area contributed by atoms with E-state index in [0.717, 1.165) is 12.1 Å². The van der Waals surface area contributed by atoms with Gasteiger partial charge in [0, 0.05) is 6.07 Å². The summed E-state index contributed by atoms with van der Waals surface area (Å²) in [6, 6.07) is 7.32. The van der Waals surface area contributed by atoms with Crippen LogP contribution in [0.15, 0.2) is 18.2 Å². The Morgan fingerprint density at radius 2 is 2.15 bits per heavy atom. The Balaban J connectivity index is 2.86. The zero-order valence-electron chi connectivity index (χ0n) is 6.22. The Morgan fingerprint density at radius 1 is 1.46 bits per heavy atom. The highest BCUT2D eigenvalue weighted by molar-refractivity contribution is 5.35. The summed E-state index contributed by atoms with van der Waals surface area (Å²) in [5.74, 6) is -0.414. The Hall–Kier alpha value is -1.70. The molecule has 0 fully saturated rings. The second kappa shape index (κ2) is 3.35. The van der Waals surface area contributed by atoms with E-state index in [4.69, 9.17) is 5.26 Å². The molecule has 5 heteroatoms. The van der Waals surface area contributed by atoms with Crippen LogP contribution in [0.5, 0.6) is 5.75 Å². The Morgan fingerprint density at radius 3 is 2.69 bits per heavy atom. The van der Waals surface area contributed by atoms with Crippen LogP contribution in [0, 0.1) is 17.4 Å². The fourth-order valence-corrected chi connectivity index (χ4v) is 0.707. The molecule has 0 atom stereocenters. The number of nitrogens with zero attached hydrogens (tertiary/aromatic N) is 1. The molecular weight excluding hydrogens is 183 g/mol. The molecule has 0 heterocycles. The van der Waals surface area contributed by atoms with Gasteiger partial charge in [0.05, 0.1) is 11.6 Å². The minimum absolute atomic E-state index is 0.00162. The van der Waals surface area contributed by atoms with Gasteiger partial charge in [-0.3, -0.25) is 0 Å². The second-order valence-electron chi connectivity index (χ2n) is 2.10. The lowest BCUT2D eigenvalue weighted by atomic mass is 10.2. The molecule has 0 aromatic heterocycles. The third-order valence-electron chi connectivity index (χ3n) is 1.13. The van der Waals surface area contributed by atoms with E-state index in [-0.39, 0.29) is 5.56 Å². The molecule has 0 aliphatic rings. The van der Waals surface area contributed by atoms with Crippen molar-refractivity contribution >= 4 is 0 Å².